The molecule has 0 aliphatic carbocycles. The van der Waals surface area contributed by atoms with Crippen molar-refractivity contribution < 1.29 is 23.0 Å². The predicted octanol–water partition coefficient (Wildman–Crippen LogP) is 2.30. The first-order valence-electron chi connectivity index (χ1n) is 3.77. The Bertz CT molecular complexity index is 189. The number of hydrogen-bond acceptors (Lipinski definition) is 3. The number of rotatable bonds is 2. The first-order chi connectivity index (χ1) is 5.47. The highest BCUT2D eigenvalue weighted by Gasteiger charge is 2.63. The Balaban J connectivity index is 2.93. The monoisotopic (exact) mass is 180 g/mol. The molecule has 0 radical (unpaired) electrons. The zero-order valence-electron chi connectivity index (χ0n) is 6.89. The third-order valence-electron chi connectivity index (χ3n) is 1.96. The van der Waals surface area contributed by atoms with Gasteiger partial charge in [0.2, 0.25) is 0 Å². The second kappa shape index (κ2) is 2.57. The van der Waals surface area contributed by atoms with Gasteiger partial charge in [0, 0.05) is 12.8 Å². The SMILES string of the molecule is CCC1(F)OC(=O)OC1(F)CC. The second-order valence-electron chi connectivity index (χ2n) is 2.62. The zero-order valence-corrected chi connectivity index (χ0v) is 6.89. The lowest BCUT2D eigenvalue weighted by Crippen LogP contribution is -2.43. The summed E-state index contributed by atoms with van der Waals surface area (Å²) in [6.45, 7) is 2.76. The number of halogens is 2. The van der Waals surface area contributed by atoms with E-state index in [0.29, 0.717) is 0 Å². The van der Waals surface area contributed by atoms with Gasteiger partial charge in [0.1, 0.15) is 0 Å². The molecule has 1 aliphatic heterocycles. The molecule has 2 atom stereocenters. The summed E-state index contributed by atoms with van der Waals surface area (Å²) in [4.78, 5) is 10.5. The van der Waals surface area contributed by atoms with E-state index in [0.717, 1.165) is 0 Å². The average molecular weight is 180 g/mol. The second-order valence-corrected chi connectivity index (χ2v) is 2.62. The van der Waals surface area contributed by atoms with Gasteiger partial charge in [-0.25, -0.2) is 4.79 Å². The molecule has 12 heavy (non-hydrogen) atoms. The molecule has 1 fully saturated rings. The largest absolute Gasteiger partial charge is 0.514 e. The van der Waals surface area contributed by atoms with Crippen LogP contribution in [0.4, 0.5) is 13.6 Å². The van der Waals surface area contributed by atoms with E-state index in [9.17, 15) is 13.6 Å². The van der Waals surface area contributed by atoms with Crippen molar-refractivity contribution in [1.29, 1.82) is 0 Å². The molecule has 0 aromatic heterocycles. The van der Waals surface area contributed by atoms with Crippen LogP contribution in [0.15, 0.2) is 0 Å². The van der Waals surface area contributed by atoms with Crippen LogP contribution in [0.3, 0.4) is 0 Å². The molecule has 1 saturated heterocycles. The van der Waals surface area contributed by atoms with Crippen LogP contribution in [0.2, 0.25) is 0 Å². The van der Waals surface area contributed by atoms with Gasteiger partial charge in [-0.2, -0.15) is 8.78 Å². The topological polar surface area (TPSA) is 35.5 Å². The minimum Gasteiger partial charge on any atom is -0.389 e. The van der Waals surface area contributed by atoms with Crippen molar-refractivity contribution >= 4 is 6.16 Å². The maximum Gasteiger partial charge on any atom is 0.514 e. The van der Waals surface area contributed by atoms with E-state index < -0.39 is 17.9 Å². The minimum absolute atomic E-state index is 0.261. The zero-order chi connectivity index (χ0) is 9.41. The Kier molecular flexibility index (Phi) is 1.97. The van der Waals surface area contributed by atoms with Gasteiger partial charge in [-0.3, -0.25) is 0 Å². The number of carbonyl (C=O) groups excluding carboxylic acids is 1. The summed E-state index contributed by atoms with van der Waals surface area (Å²) in [6.07, 6.45) is -1.81. The molecular weight excluding hydrogens is 170 g/mol. The van der Waals surface area contributed by atoms with Gasteiger partial charge in [-0.15, -0.1) is 0 Å². The summed E-state index contributed by atoms with van der Waals surface area (Å²) in [5.74, 6) is -5.25. The minimum atomic E-state index is -2.63. The number of carbonyl (C=O) groups is 1. The molecule has 1 heterocycles. The molecule has 0 aromatic rings. The third kappa shape index (κ3) is 1.04. The van der Waals surface area contributed by atoms with Crippen LogP contribution in [0.5, 0.6) is 0 Å². The molecule has 1 aliphatic rings. The molecule has 0 spiro atoms. The highest BCUT2D eigenvalue weighted by molar-refractivity contribution is 5.63. The molecule has 0 amide bonds. The molecule has 0 N–H and O–H groups in total. The van der Waals surface area contributed by atoms with E-state index >= 15 is 0 Å². The summed E-state index contributed by atoms with van der Waals surface area (Å²) in [7, 11) is 0. The van der Waals surface area contributed by atoms with Crippen LogP contribution < -0.4 is 0 Å². The van der Waals surface area contributed by atoms with Gasteiger partial charge in [0.05, 0.1) is 0 Å². The van der Waals surface area contributed by atoms with E-state index in [1.54, 1.807) is 0 Å². The highest BCUT2D eigenvalue weighted by atomic mass is 19.2. The van der Waals surface area contributed by atoms with Crippen LogP contribution in [-0.2, 0) is 9.47 Å². The number of ether oxygens (including phenoxy) is 2. The van der Waals surface area contributed by atoms with Gasteiger partial charge in [-0.1, -0.05) is 13.8 Å². The summed E-state index contributed by atoms with van der Waals surface area (Å²) < 4.78 is 35.0. The number of alkyl halides is 2. The molecule has 5 heteroatoms. The summed E-state index contributed by atoms with van der Waals surface area (Å²) in [5.41, 5.74) is 0. The quantitative estimate of drug-likeness (QED) is 0.611. The van der Waals surface area contributed by atoms with Crippen molar-refractivity contribution in [2.24, 2.45) is 0 Å². The van der Waals surface area contributed by atoms with Crippen LogP contribution in [-0.4, -0.2) is 17.9 Å². The smallest absolute Gasteiger partial charge is 0.389 e. The van der Waals surface area contributed by atoms with Gasteiger partial charge in [0.15, 0.2) is 0 Å². The maximum atomic E-state index is 13.4. The van der Waals surface area contributed by atoms with Crippen LogP contribution in [0.1, 0.15) is 26.7 Å². The molecule has 0 bridgehead atoms. The molecule has 70 valence electrons. The first-order valence-corrected chi connectivity index (χ1v) is 3.77. The van der Waals surface area contributed by atoms with Crippen molar-refractivity contribution in [3.8, 4) is 0 Å². The van der Waals surface area contributed by atoms with Crippen molar-refractivity contribution in [1.82, 2.24) is 0 Å². The van der Waals surface area contributed by atoms with Gasteiger partial charge in [0.25, 0.3) is 0 Å². The Morgan fingerprint density at radius 2 is 1.50 bits per heavy atom. The van der Waals surface area contributed by atoms with E-state index in [1.807, 2.05) is 0 Å². The van der Waals surface area contributed by atoms with E-state index in [2.05, 4.69) is 9.47 Å². The van der Waals surface area contributed by atoms with E-state index in [-0.39, 0.29) is 12.8 Å². The lowest BCUT2D eigenvalue weighted by Gasteiger charge is -2.25. The van der Waals surface area contributed by atoms with Crippen LogP contribution in [0, 0.1) is 0 Å². The fourth-order valence-corrected chi connectivity index (χ4v) is 1.11. The molecule has 2 unspecified atom stereocenters. The fourth-order valence-electron chi connectivity index (χ4n) is 1.11. The third-order valence-corrected chi connectivity index (χ3v) is 1.96. The van der Waals surface area contributed by atoms with Crippen molar-refractivity contribution in [3.05, 3.63) is 0 Å². The summed E-state index contributed by atoms with van der Waals surface area (Å²) in [6, 6.07) is 0. The molecule has 0 saturated carbocycles. The fraction of sp³-hybridized carbons (Fsp3) is 0.857. The summed E-state index contributed by atoms with van der Waals surface area (Å²) in [5, 5.41) is 0. The maximum absolute atomic E-state index is 13.4. The van der Waals surface area contributed by atoms with Crippen LogP contribution in [0.25, 0.3) is 0 Å². The molecule has 3 nitrogen and oxygen atoms in total. The van der Waals surface area contributed by atoms with Crippen molar-refractivity contribution in [3.63, 3.8) is 0 Å². The Morgan fingerprint density at radius 3 is 1.75 bits per heavy atom. The number of hydrogen-bond donors (Lipinski definition) is 0. The Morgan fingerprint density at radius 1 is 1.17 bits per heavy atom. The molecular formula is C7H10F2O3. The molecule has 1 rings (SSSR count). The predicted molar refractivity (Wildman–Crippen MR) is 35.8 cm³/mol. The molecule has 0 aromatic carbocycles. The normalized spacial score (nSPS) is 40.8. The van der Waals surface area contributed by atoms with Crippen LogP contribution >= 0.6 is 0 Å². The number of cyclic esters (lactones) is 2. The lowest BCUT2D eigenvalue weighted by atomic mass is 10.0. The summed E-state index contributed by atoms with van der Waals surface area (Å²) >= 11 is 0. The standard InChI is InChI=1S/C7H10F2O3/c1-3-6(8)7(9,4-2)12-5(10)11-6/h3-4H2,1-2H3. The first kappa shape index (κ1) is 9.22. The van der Waals surface area contributed by atoms with Gasteiger partial charge >= 0.3 is 17.9 Å². The van der Waals surface area contributed by atoms with E-state index in [1.165, 1.54) is 13.8 Å². The van der Waals surface area contributed by atoms with Crippen molar-refractivity contribution in [2.75, 3.05) is 0 Å². The average Bonchev–Trinajstić information content (AvgIpc) is 2.25. The van der Waals surface area contributed by atoms with Gasteiger partial charge < -0.3 is 9.47 Å². The Labute approximate surface area is 68.6 Å². The highest BCUT2D eigenvalue weighted by Crippen LogP contribution is 2.44. The Hall–Kier alpha value is -0.870. The van der Waals surface area contributed by atoms with Gasteiger partial charge in [-0.05, 0) is 0 Å². The van der Waals surface area contributed by atoms with E-state index in [4.69, 9.17) is 0 Å². The van der Waals surface area contributed by atoms with Crippen molar-refractivity contribution in [2.45, 2.75) is 38.4 Å². The lowest BCUT2D eigenvalue weighted by molar-refractivity contribution is -0.216.